The van der Waals surface area contributed by atoms with Crippen molar-refractivity contribution in [1.29, 1.82) is 0 Å². The van der Waals surface area contributed by atoms with Crippen LogP contribution in [0.5, 0.6) is 5.75 Å². The fraction of sp³-hybridized carbons (Fsp3) is 0.333. The minimum Gasteiger partial charge on any atom is -0.497 e. The second kappa shape index (κ2) is 3.95. The molecule has 3 nitrogen and oxygen atoms in total. The number of methoxy groups -OCH3 is 1. The molecule has 0 saturated heterocycles. The number of benzene rings is 1. The Hall–Kier alpha value is -1.48. The summed E-state index contributed by atoms with van der Waals surface area (Å²) in [6, 6.07) is 6.14. The summed E-state index contributed by atoms with van der Waals surface area (Å²) in [4.78, 5) is 0. The van der Waals surface area contributed by atoms with Crippen molar-refractivity contribution in [3.8, 4) is 5.75 Å². The summed E-state index contributed by atoms with van der Waals surface area (Å²) in [7, 11) is 3.73. The maximum Gasteiger partial charge on any atom is 0.120 e. The average Bonchev–Trinajstić information content (AvgIpc) is 2.56. The molecule has 0 spiro atoms. The molecular weight excluding hydrogens is 188 g/mol. The third-order valence-corrected chi connectivity index (χ3v) is 2.69. The first-order valence-electron chi connectivity index (χ1n) is 5.08. The topological polar surface area (TPSA) is 40.2 Å². The fourth-order valence-electron chi connectivity index (χ4n) is 1.93. The Morgan fingerprint density at radius 3 is 2.87 bits per heavy atom. The van der Waals surface area contributed by atoms with Gasteiger partial charge in [0.1, 0.15) is 5.75 Å². The highest BCUT2D eigenvalue weighted by Crippen LogP contribution is 2.25. The second-order valence-corrected chi connectivity index (χ2v) is 3.69. The van der Waals surface area contributed by atoms with Gasteiger partial charge in [0.15, 0.2) is 0 Å². The van der Waals surface area contributed by atoms with Gasteiger partial charge in [-0.25, -0.2) is 0 Å². The van der Waals surface area contributed by atoms with Crippen molar-refractivity contribution in [2.45, 2.75) is 6.42 Å². The molecule has 0 amide bonds. The monoisotopic (exact) mass is 204 g/mol. The van der Waals surface area contributed by atoms with E-state index in [0.29, 0.717) is 6.54 Å². The Kier molecular flexibility index (Phi) is 2.64. The molecule has 0 unspecified atom stereocenters. The molecule has 15 heavy (non-hydrogen) atoms. The molecule has 0 fully saturated rings. The largest absolute Gasteiger partial charge is 0.497 e. The van der Waals surface area contributed by atoms with Gasteiger partial charge in [0, 0.05) is 24.7 Å². The molecule has 1 heterocycles. The highest BCUT2D eigenvalue weighted by molar-refractivity contribution is 5.85. The van der Waals surface area contributed by atoms with Crippen LogP contribution in [0.2, 0.25) is 0 Å². The molecule has 80 valence electrons. The molecule has 0 aliphatic heterocycles. The van der Waals surface area contributed by atoms with Crippen molar-refractivity contribution in [2.75, 3.05) is 13.7 Å². The van der Waals surface area contributed by atoms with Crippen LogP contribution in [-0.2, 0) is 13.5 Å². The molecule has 1 aromatic carbocycles. The summed E-state index contributed by atoms with van der Waals surface area (Å²) < 4.78 is 7.32. The van der Waals surface area contributed by atoms with Gasteiger partial charge in [-0.2, -0.15) is 0 Å². The molecule has 0 bridgehead atoms. The van der Waals surface area contributed by atoms with Crippen LogP contribution >= 0.6 is 0 Å². The Labute approximate surface area is 89.4 Å². The Morgan fingerprint density at radius 2 is 2.20 bits per heavy atom. The smallest absolute Gasteiger partial charge is 0.120 e. The maximum absolute atomic E-state index is 5.58. The van der Waals surface area contributed by atoms with Gasteiger partial charge in [-0.1, -0.05) is 0 Å². The van der Waals surface area contributed by atoms with E-state index in [1.807, 2.05) is 13.1 Å². The molecular formula is C12H16N2O. The lowest BCUT2D eigenvalue weighted by atomic mass is 10.1. The van der Waals surface area contributed by atoms with Crippen molar-refractivity contribution in [3.05, 3.63) is 30.0 Å². The highest BCUT2D eigenvalue weighted by atomic mass is 16.5. The number of hydrogen-bond acceptors (Lipinski definition) is 2. The Balaban J connectivity index is 2.59. The number of aromatic nitrogens is 1. The van der Waals surface area contributed by atoms with E-state index in [0.717, 1.165) is 12.2 Å². The van der Waals surface area contributed by atoms with Gasteiger partial charge in [-0.05, 0) is 30.7 Å². The third-order valence-electron chi connectivity index (χ3n) is 2.69. The fourth-order valence-corrected chi connectivity index (χ4v) is 1.93. The van der Waals surface area contributed by atoms with E-state index in [4.69, 9.17) is 10.5 Å². The van der Waals surface area contributed by atoms with Crippen LogP contribution in [0.3, 0.4) is 0 Å². The minimum absolute atomic E-state index is 0.686. The first kappa shape index (κ1) is 10.1. The van der Waals surface area contributed by atoms with Crippen molar-refractivity contribution in [2.24, 2.45) is 12.8 Å². The van der Waals surface area contributed by atoms with Crippen LogP contribution in [-0.4, -0.2) is 18.2 Å². The predicted octanol–water partition coefficient (Wildman–Crippen LogP) is 1.69. The van der Waals surface area contributed by atoms with Gasteiger partial charge >= 0.3 is 0 Å². The number of fused-ring (bicyclic) bond motifs is 1. The van der Waals surface area contributed by atoms with Crippen LogP contribution in [0, 0.1) is 0 Å². The molecule has 1 aromatic heterocycles. The van der Waals surface area contributed by atoms with Gasteiger partial charge < -0.3 is 15.0 Å². The van der Waals surface area contributed by atoms with Gasteiger partial charge in [0.2, 0.25) is 0 Å². The summed E-state index contributed by atoms with van der Waals surface area (Å²) in [5.74, 6) is 0.892. The normalized spacial score (nSPS) is 10.9. The number of ether oxygens (including phenoxy) is 1. The van der Waals surface area contributed by atoms with Crippen molar-refractivity contribution >= 4 is 10.9 Å². The van der Waals surface area contributed by atoms with Crippen molar-refractivity contribution in [1.82, 2.24) is 4.57 Å². The van der Waals surface area contributed by atoms with Crippen LogP contribution in [0.1, 0.15) is 5.56 Å². The Morgan fingerprint density at radius 1 is 1.40 bits per heavy atom. The van der Waals surface area contributed by atoms with E-state index < -0.39 is 0 Å². The highest BCUT2D eigenvalue weighted by Gasteiger charge is 2.06. The van der Waals surface area contributed by atoms with E-state index >= 15 is 0 Å². The number of nitrogens with two attached hydrogens (primary N) is 1. The maximum atomic E-state index is 5.58. The quantitative estimate of drug-likeness (QED) is 0.826. The molecule has 2 N–H and O–H groups in total. The number of nitrogens with zero attached hydrogens (tertiary/aromatic N) is 1. The zero-order valence-electron chi connectivity index (χ0n) is 9.16. The Bertz CT molecular complexity index is 474. The zero-order chi connectivity index (χ0) is 10.8. The molecule has 2 rings (SSSR count). The van der Waals surface area contributed by atoms with Crippen LogP contribution in [0.4, 0.5) is 0 Å². The molecule has 0 atom stereocenters. The first-order valence-corrected chi connectivity index (χ1v) is 5.08. The average molecular weight is 204 g/mol. The van der Waals surface area contributed by atoms with Crippen LogP contribution < -0.4 is 10.5 Å². The summed E-state index contributed by atoms with van der Waals surface area (Å²) in [6.07, 6.45) is 3.06. The summed E-state index contributed by atoms with van der Waals surface area (Å²) in [5.41, 5.74) is 8.08. The second-order valence-electron chi connectivity index (χ2n) is 3.69. The molecule has 2 aromatic rings. The molecule has 0 aliphatic carbocycles. The van der Waals surface area contributed by atoms with Crippen molar-refractivity contribution < 1.29 is 4.74 Å². The van der Waals surface area contributed by atoms with Gasteiger partial charge in [-0.15, -0.1) is 0 Å². The lowest BCUT2D eigenvalue weighted by Gasteiger charge is -2.01. The minimum atomic E-state index is 0.686. The third kappa shape index (κ3) is 1.70. The lowest BCUT2D eigenvalue weighted by molar-refractivity contribution is 0.415. The summed E-state index contributed by atoms with van der Waals surface area (Å²) >= 11 is 0. The molecule has 0 aliphatic rings. The van der Waals surface area contributed by atoms with Crippen molar-refractivity contribution in [3.63, 3.8) is 0 Å². The van der Waals surface area contributed by atoms with Gasteiger partial charge in [0.05, 0.1) is 12.6 Å². The van der Waals surface area contributed by atoms with Gasteiger partial charge in [0.25, 0.3) is 0 Å². The SMILES string of the molecule is COc1ccc2c(CCN)cn(C)c2c1. The van der Waals surface area contributed by atoms with Gasteiger partial charge in [-0.3, -0.25) is 0 Å². The van der Waals surface area contributed by atoms with E-state index in [1.165, 1.54) is 16.5 Å². The molecule has 0 radical (unpaired) electrons. The molecule has 3 heteroatoms. The zero-order valence-corrected chi connectivity index (χ0v) is 9.16. The van der Waals surface area contributed by atoms with E-state index in [-0.39, 0.29) is 0 Å². The summed E-state index contributed by atoms with van der Waals surface area (Å²) in [5, 5.41) is 1.27. The van der Waals surface area contributed by atoms with E-state index in [9.17, 15) is 0 Å². The van der Waals surface area contributed by atoms with Crippen LogP contribution in [0.25, 0.3) is 10.9 Å². The predicted molar refractivity (Wildman–Crippen MR) is 62.2 cm³/mol. The standard InChI is InChI=1S/C12H16N2O/c1-14-8-9(5-6-13)11-4-3-10(15-2)7-12(11)14/h3-4,7-8H,5-6,13H2,1-2H3. The first-order chi connectivity index (χ1) is 7.26. The van der Waals surface area contributed by atoms with E-state index in [2.05, 4.69) is 22.9 Å². The van der Waals surface area contributed by atoms with Crippen LogP contribution in [0.15, 0.2) is 24.4 Å². The number of aryl methyl sites for hydroxylation is 1. The van der Waals surface area contributed by atoms with E-state index in [1.54, 1.807) is 7.11 Å². The molecule has 0 saturated carbocycles. The number of rotatable bonds is 3. The summed E-state index contributed by atoms with van der Waals surface area (Å²) in [6.45, 7) is 0.686. The lowest BCUT2D eigenvalue weighted by Crippen LogP contribution is -2.01. The number of hydrogen-bond donors (Lipinski definition) is 1.